The molecule has 0 radical (unpaired) electrons. The Bertz CT molecular complexity index is 724. The van der Waals surface area contributed by atoms with Crippen LogP contribution in [0.15, 0.2) is 42.6 Å². The quantitative estimate of drug-likeness (QED) is 0.787. The van der Waals surface area contributed by atoms with E-state index in [0.717, 1.165) is 0 Å². The van der Waals surface area contributed by atoms with Crippen LogP contribution in [0.4, 0.5) is 10.1 Å². The Morgan fingerprint density at radius 2 is 2.09 bits per heavy atom. The van der Waals surface area contributed by atoms with Gasteiger partial charge in [0.25, 0.3) is 5.91 Å². The predicted octanol–water partition coefficient (Wildman–Crippen LogP) is 3.08. The van der Waals surface area contributed by atoms with Crippen LogP contribution in [0.25, 0.3) is 0 Å². The van der Waals surface area contributed by atoms with Gasteiger partial charge in [0.15, 0.2) is 0 Å². The van der Waals surface area contributed by atoms with Crippen molar-refractivity contribution < 1.29 is 18.7 Å². The number of hydrogen-bond donors (Lipinski definition) is 0. The molecule has 0 bridgehead atoms. The molecule has 1 heterocycles. The van der Waals surface area contributed by atoms with E-state index in [1.54, 1.807) is 12.1 Å². The molecular weight excluding hydrogens is 323 g/mol. The van der Waals surface area contributed by atoms with E-state index in [1.807, 2.05) is 0 Å². The molecule has 0 saturated carbocycles. The predicted molar refractivity (Wildman–Crippen MR) is 84.0 cm³/mol. The number of amides is 1. The highest BCUT2D eigenvalue weighted by molar-refractivity contribution is 6.31. The number of methoxy groups -OCH3 is 1. The monoisotopic (exact) mass is 336 g/mol. The second-order valence-corrected chi connectivity index (χ2v) is 5.06. The molecular formula is C16H14ClFN2O3. The van der Waals surface area contributed by atoms with Gasteiger partial charge >= 0.3 is 5.97 Å². The van der Waals surface area contributed by atoms with E-state index < -0.39 is 17.7 Å². The summed E-state index contributed by atoms with van der Waals surface area (Å²) in [5, 5.41) is 0.357. The zero-order valence-corrected chi connectivity index (χ0v) is 13.1. The molecule has 2 aromatic rings. The molecule has 120 valence electrons. The fourth-order valence-electron chi connectivity index (χ4n) is 1.96. The first kappa shape index (κ1) is 16.9. The summed E-state index contributed by atoms with van der Waals surface area (Å²) in [6, 6.07) is 8.48. The summed E-state index contributed by atoms with van der Waals surface area (Å²) in [5.41, 5.74) is 0.423. The van der Waals surface area contributed by atoms with Crippen LogP contribution >= 0.6 is 11.6 Å². The number of rotatable bonds is 5. The van der Waals surface area contributed by atoms with E-state index in [9.17, 15) is 14.0 Å². The molecule has 0 spiro atoms. The fourth-order valence-corrected chi connectivity index (χ4v) is 2.12. The largest absolute Gasteiger partial charge is 0.469 e. The SMILES string of the molecule is COC(=O)CCN(C(=O)c1cc(Cl)ccn1)c1cccc(F)c1. The van der Waals surface area contributed by atoms with Gasteiger partial charge in [-0.3, -0.25) is 14.6 Å². The third kappa shape index (κ3) is 4.50. The zero-order chi connectivity index (χ0) is 16.8. The molecule has 23 heavy (non-hydrogen) atoms. The summed E-state index contributed by atoms with van der Waals surface area (Å²) < 4.78 is 18.0. The van der Waals surface area contributed by atoms with Gasteiger partial charge in [-0.1, -0.05) is 17.7 Å². The second kappa shape index (κ2) is 7.69. The lowest BCUT2D eigenvalue weighted by Gasteiger charge is -2.22. The first-order valence-corrected chi connectivity index (χ1v) is 7.15. The number of nitrogens with zero attached hydrogens (tertiary/aromatic N) is 2. The van der Waals surface area contributed by atoms with Crippen molar-refractivity contribution in [2.24, 2.45) is 0 Å². The number of benzene rings is 1. The second-order valence-electron chi connectivity index (χ2n) is 4.62. The molecule has 0 atom stereocenters. The summed E-state index contributed by atoms with van der Waals surface area (Å²) >= 11 is 5.87. The highest BCUT2D eigenvalue weighted by atomic mass is 35.5. The van der Waals surface area contributed by atoms with Gasteiger partial charge in [-0.05, 0) is 30.3 Å². The first-order valence-electron chi connectivity index (χ1n) is 6.77. The van der Waals surface area contributed by atoms with Crippen LogP contribution in [0.3, 0.4) is 0 Å². The lowest BCUT2D eigenvalue weighted by atomic mass is 10.2. The molecule has 0 aliphatic carbocycles. The average molecular weight is 337 g/mol. The molecule has 0 aliphatic rings. The maximum absolute atomic E-state index is 13.5. The van der Waals surface area contributed by atoms with E-state index in [1.165, 1.54) is 42.5 Å². The van der Waals surface area contributed by atoms with Crippen LogP contribution in [-0.2, 0) is 9.53 Å². The molecule has 5 nitrogen and oxygen atoms in total. The molecule has 0 saturated heterocycles. The number of anilines is 1. The maximum atomic E-state index is 13.5. The van der Waals surface area contributed by atoms with Crippen LogP contribution in [0, 0.1) is 5.82 Å². The Hall–Kier alpha value is -2.47. The lowest BCUT2D eigenvalue weighted by molar-refractivity contribution is -0.140. The van der Waals surface area contributed by atoms with E-state index in [2.05, 4.69) is 9.72 Å². The van der Waals surface area contributed by atoms with Gasteiger partial charge in [0.2, 0.25) is 0 Å². The number of esters is 1. The van der Waals surface area contributed by atoms with Gasteiger partial charge in [0.1, 0.15) is 11.5 Å². The number of pyridine rings is 1. The Balaban J connectivity index is 2.32. The van der Waals surface area contributed by atoms with Crippen molar-refractivity contribution >= 4 is 29.2 Å². The molecule has 2 rings (SSSR count). The normalized spacial score (nSPS) is 10.2. The van der Waals surface area contributed by atoms with Gasteiger partial charge < -0.3 is 9.64 Å². The Labute approximate surface area is 137 Å². The van der Waals surface area contributed by atoms with Crippen molar-refractivity contribution in [3.05, 3.63) is 59.1 Å². The topological polar surface area (TPSA) is 59.5 Å². The number of hydrogen-bond acceptors (Lipinski definition) is 4. The summed E-state index contributed by atoms with van der Waals surface area (Å²) in [4.78, 5) is 29.2. The Morgan fingerprint density at radius 3 is 2.74 bits per heavy atom. The van der Waals surface area contributed by atoms with Crippen LogP contribution < -0.4 is 4.90 Å². The van der Waals surface area contributed by atoms with Crippen molar-refractivity contribution in [3.63, 3.8) is 0 Å². The molecule has 1 aromatic carbocycles. The lowest BCUT2D eigenvalue weighted by Crippen LogP contribution is -2.33. The molecule has 7 heteroatoms. The summed E-state index contributed by atoms with van der Waals surface area (Å²) in [6.45, 7) is 0.0309. The molecule has 1 aromatic heterocycles. The van der Waals surface area contributed by atoms with E-state index in [4.69, 9.17) is 11.6 Å². The minimum absolute atomic E-state index is 0.0285. The van der Waals surface area contributed by atoms with Gasteiger partial charge in [-0.25, -0.2) is 4.39 Å². The third-order valence-corrected chi connectivity index (χ3v) is 3.31. The van der Waals surface area contributed by atoms with Crippen molar-refractivity contribution in [1.82, 2.24) is 4.98 Å². The van der Waals surface area contributed by atoms with Gasteiger partial charge in [-0.2, -0.15) is 0 Å². The van der Waals surface area contributed by atoms with E-state index in [-0.39, 0.29) is 18.7 Å². The number of halogens is 2. The number of carbonyl (C=O) groups excluding carboxylic acids is 2. The highest BCUT2D eigenvalue weighted by Gasteiger charge is 2.20. The third-order valence-electron chi connectivity index (χ3n) is 3.07. The molecule has 1 amide bonds. The number of aromatic nitrogens is 1. The molecule has 0 unspecified atom stereocenters. The maximum Gasteiger partial charge on any atom is 0.307 e. The summed E-state index contributed by atoms with van der Waals surface area (Å²) in [7, 11) is 1.26. The zero-order valence-electron chi connectivity index (χ0n) is 12.3. The highest BCUT2D eigenvalue weighted by Crippen LogP contribution is 2.19. The smallest absolute Gasteiger partial charge is 0.307 e. The van der Waals surface area contributed by atoms with E-state index >= 15 is 0 Å². The van der Waals surface area contributed by atoms with Crippen LogP contribution in [0.2, 0.25) is 5.02 Å². The number of carbonyl (C=O) groups is 2. The standard InChI is InChI=1S/C16H14ClFN2O3/c1-23-15(21)6-8-20(13-4-2-3-12(18)10-13)16(22)14-9-11(17)5-7-19-14/h2-5,7,9-10H,6,8H2,1H3. The summed E-state index contributed by atoms with van der Waals surface area (Å²) in [5.74, 6) is -1.45. The Kier molecular flexibility index (Phi) is 5.65. The Morgan fingerprint density at radius 1 is 1.30 bits per heavy atom. The van der Waals surface area contributed by atoms with Gasteiger partial charge in [0, 0.05) is 23.5 Å². The van der Waals surface area contributed by atoms with Gasteiger partial charge in [0.05, 0.1) is 13.5 Å². The van der Waals surface area contributed by atoms with E-state index in [0.29, 0.717) is 10.7 Å². The van der Waals surface area contributed by atoms with Crippen molar-refractivity contribution in [1.29, 1.82) is 0 Å². The minimum Gasteiger partial charge on any atom is -0.469 e. The molecule has 0 aliphatic heterocycles. The van der Waals surface area contributed by atoms with Crippen molar-refractivity contribution in [3.8, 4) is 0 Å². The van der Waals surface area contributed by atoms with Crippen LogP contribution in [0.5, 0.6) is 0 Å². The molecule has 0 fully saturated rings. The summed E-state index contributed by atoms with van der Waals surface area (Å²) in [6.07, 6.45) is 1.37. The first-order chi connectivity index (χ1) is 11.0. The van der Waals surface area contributed by atoms with Crippen LogP contribution in [-0.4, -0.2) is 30.5 Å². The molecule has 0 N–H and O–H groups in total. The fraction of sp³-hybridized carbons (Fsp3) is 0.188. The van der Waals surface area contributed by atoms with Crippen molar-refractivity contribution in [2.45, 2.75) is 6.42 Å². The van der Waals surface area contributed by atoms with Gasteiger partial charge in [-0.15, -0.1) is 0 Å². The van der Waals surface area contributed by atoms with Crippen molar-refractivity contribution in [2.75, 3.05) is 18.6 Å². The number of ether oxygens (including phenoxy) is 1. The minimum atomic E-state index is -0.488. The van der Waals surface area contributed by atoms with Crippen LogP contribution in [0.1, 0.15) is 16.9 Å². The average Bonchev–Trinajstić information content (AvgIpc) is 2.54.